The minimum Gasteiger partial charge on any atom is -0.147 e. The van der Waals surface area contributed by atoms with Crippen LogP contribution >= 0.6 is 24.8 Å². The predicted molar refractivity (Wildman–Crippen MR) is 154 cm³/mol. The topological polar surface area (TPSA) is 0 Å². The van der Waals surface area contributed by atoms with E-state index in [4.69, 9.17) is 0 Å². The number of unbranched alkanes of at least 4 members (excludes halogenated alkanes) is 1. The summed E-state index contributed by atoms with van der Waals surface area (Å²) in [5, 5.41) is 0. The number of halogens is 2. The van der Waals surface area contributed by atoms with Crippen LogP contribution in [-0.4, -0.2) is 5.43 Å². The van der Waals surface area contributed by atoms with Crippen molar-refractivity contribution >= 4 is 35.8 Å². The average Bonchev–Trinajstić information content (AvgIpc) is 3.26. The van der Waals surface area contributed by atoms with Crippen LogP contribution in [-0.2, 0) is 26.8 Å². The first-order valence-electron chi connectivity index (χ1n) is 12.3. The van der Waals surface area contributed by atoms with E-state index in [1.807, 2.05) is 3.28 Å². The molecule has 2 aromatic carbocycles. The number of benzene rings is 2. The molecule has 2 aromatic rings. The third kappa shape index (κ3) is 5.51. The maximum atomic E-state index is 2.70. The van der Waals surface area contributed by atoms with Crippen LogP contribution in [0.4, 0.5) is 0 Å². The average molecular weight is 591 g/mol. The molecule has 0 aromatic heterocycles. The Morgan fingerprint density at radius 3 is 2.09 bits per heavy atom. The largest absolute Gasteiger partial charge is 0.147 e. The first-order valence-corrected chi connectivity index (χ1v) is 21.1. The monoisotopic (exact) mass is 588 g/mol. The second kappa shape index (κ2) is 12.5. The summed E-state index contributed by atoms with van der Waals surface area (Å²) in [6.45, 7) is 17.1. The molecule has 0 spiro atoms. The predicted octanol–water partition coefficient (Wildman–Crippen LogP) is 9.49. The Labute approximate surface area is 228 Å². The van der Waals surface area contributed by atoms with Crippen LogP contribution in [0.15, 0.2) is 74.6 Å². The Morgan fingerprint density at radius 2 is 1.53 bits per heavy atom. The van der Waals surface area contributed by atoms with Gasteiger partial charge in [-0.25, -0.2) is 0 Å². The van der Waals surface area contributed by atoms with Gasteiger partial charge in [-0.05, 0) is 0 Å². The van der Waals surface area contributed by atoms with Gasteiger partial charge in [0, 0.05) is 0 Å². The molecule has 0 nitrogen and oxygen atoms in total. The van der Waals surface area contributed by atoms with Crippen molar-refractivity contribution in [3.63, 3.8) is 0 Å². The van der Waals surface area contributed by atoms with Crippen LogP contribution in [0.3, 0.4) is 0 Å². The van der Waals surface area contributed by atoms with Crippen LogP contribution in [0, 0.1) is 5.92 Å². The Bertz CT molecular complexity index is 1160. The summed E-state index contributed by atoms with van der Waals surface area (Å²) < 4.78 is 2.59. The van der Waals surface area contributed by atoms with Crippen LogP contribution in [0.25, 0.3) is 5.57 Å². The fourth-order valence-electron chi connectivity index (χ4n) is 5.63. The van der Waals surface area contributed by atoms with E-state index >= 15 is 0 Å². The minimum atomic E-state index is -1.91. The van der Waals surface area contributed by atoms with E-state index in [1.165, 1.54) is 41.5 Å². The smallest absolute Gasteiger partial charge is 0.147 e. The van der Waals surface area contributed by atoms with Gasteiger partial charge in [-0.15, -0.1) is 24.8 Å². The first kappa shape index (κ1) is 29.6. The molecule has 0 saturated heterocycles. The van der Waals surface area contributed by atoms with E-state index in [1.54, 1.807) is 22.3 Å². The van der Waals surface area contributed by atoms with E-state index < -0.39 is 20.4 Å². The molecule has 0 bridgehead atoms. The number of hydrogen-bond acceptors (Lipinski definition) is 0. The van der Waals surface area contributed by atoms with Gasteiger partial charge in [0.1, 0.15) is 0 Å². The normalized spacial score (nSPS) is 18.9. The molecule has 4 rings (SSSR count). The Balaban J connectivity index is 0.00000204. The summed E-state index contributed by atoms with van der Waals surface area (Å²) in [5.41, 5.74) is 12.0. The van der Waals surface area contributed by atoms with Crippen molar-refractivity contribution in [3.05, 3.63) is 96.9 Å². The molecule has 0 fully saturated rings. The second-order valence-electron chi connectivity index (χ2n) is 9.93. The molecule has 0 amide bonds. The Hall–Kier alpha value is -0.660. The first-order chi connectivity index (χ1) is 15.3. The molecule has 2 atom stereocenters. The molecule has 2 unspecified atom stereocenters. The van der Waals surface area contributed by atoms with Gasteiger partial charge in [-0.3, -0.25) is 0 Å². The minimum absolute atomic E-state index is 0. The molecular weight excluding hydrogens is 551 g/mol. The fourth-order valence-corrected chi connectivity index (χ4v) is 25.3. The number of rotatable bonds is 6. The molecule has 182 valence electrons. The standard InChI is InChI=1S/C19H19.C9H13.C2H6Si.2ClH.Zr/c1-2-3-6-15-9-11-17(12-10-15)19-14-13-16-7-4-5-8-18(16)19;1-6-5-7(2)9(4)8(6)3;1-3-2;;;/h4-5,7-14H,2-3,6H2,1H3;6H,1-4H3;1-2H3;2*1H;. The van der Waals surface area contributed by atoms with Crippen LogP contribution < -0.4 is 0 Å². The van der Waals surface area contributed by atoms with E-state index in [-0.39, 0.29) is 30.2 Å². The zero-order valence-corrected chi connectivity index (χ0v) is 26.9. The molecule has 2 aliphatic carbocycles. The Morgan fingerprint density at radius 1 is 0.882 bits per heavy atom. The molecule has 0 aliphatic heterocycles. The molecule has 34 heavy (non-hydrogen) atoms. The summed E-state index contributed by atoms with van der Waals surface area (Å²) in [7, 11) is 0. The van der Waals surface area contributed by atoms with Gasteiger partial charge in [-0.2, -0.15) is 0 Å². The van der Waals surface area contributed by atoms with Crippen molar-refractivity contribution in [1.82, 2.24) is 0 Å². The number of allylic oxidation sites excluding steroid dienone is 5. The van der Waals surface area contributed by atoms with Gasteiger partial charge in [0.2, 0.25) is 0 Å². The van der Waals surface area contributed by atoms with E-state index in [0.29, 0.717) is 9.54 Å². The van der Waals surface area contributed by atoms with Crippen LogP contribution in [0.5, 0.6) is 0 Å². The summed E-state index contributed by atoms with van der Waals surface area (Å²) in [6, 6.07) is 18.8. The SMILES string of the molecule is CCCCc1ccc(C2=C[CH]([Zr]([C]3=C(C)C(C)=C(C)C3C)=[Si](C)C)c3ccccc32)cc1.Cl.Cl. The number of hydrogen-bond donors (Lipinski definition) is 0. The quantitative estimate of drug-likeness (QED) is 0.294. The number of aryl methyl sites for hydroxylation is 1. The van der Waals surface area contributed by atoms with Crippen molar-refractivity contribution in [3.8, 4) is 0 Å². The number of fused-ring (bicyclic) bond motifs is 1. The van der Waals surface area contributed by atoms with Crippen molar-refractivity contribution < 1.29 is 20.4 Å². The molecule has 0 heterocycles. The zero-order chi connectivity index (χ0) is 23.0. The fraction of sp³-hybridized carbons (Fsp3) is 0.400. The van der Waals surface area contributed by atoms with Gasteiger partial charge < -0.3 is 0 Å². The maximum absolute atomic E-state index is 2.70. The molecule has 2 aliphatic rings. The molecular formula is C30H40Cl2SiZr. The second-order valence-corrected chi connectivity index (χ2v) is 27.4. The van der Waals surface area contributed by atoms with Crippen molar-refractivity contribution in [2.45, 2.75) is 70.6 Å². The van der Waals surface area contributed by atoms with Gasteiger partial charge in [0.05, 0.1) is 0 Å². The zero-order valence-electron chi connectivity index (χ0n) is 21.8. The Kier molecular flexibility index (Phi) is 10.9. The maximum Gasteiger partial charge on any atom is -0.147 e. The van der Waals surface area contributed by atoms with Crippen molar-refractivity contribution in [1.29, 1.82) is 0 Å². The van der Waals surface area contributed by atoms with Gasteiger partial charge in [0.15, 0.2) is 0 Å². The molecule has 0 saturated carbocycles. The summed E-state index contributed by atoms with van der Waals surface area (Å²) in [4.78, 5) is 0. The summed E-state index contributed by atoms with van der Waals surface area (Å²) in [6.07, 6.45) is 6.44. The van der Waals surface area contributed by atoms with Crippen molar-refractivity contribution in [2.24, 2.45) is 5.92 Å². The molecule has 0 N–H and O–H groups in total. The van der Waals surface area contributed by atoms with Crippen LogP contribution in [0.2, 0.25) is 13.1 Å². The van der Waals surface area contributed by atoms with E-state index in [9.17, 15) is 0 Å². The van der Waals surface area contributed by atoms with E-state index in [0.717, 1.165) is 0 Å². The van der Waals surface area contributed by atoms with Crippen LogP contribution in [0.1, 0.15) is 73.3 Å². The van der Waals surface area contributed by atoms with Gasteiger partial charge in [-0.1, -0.05) is 0 Å². The van der Waals surface area contributed by atoms with Gasteiger partial charge in [0.25, 0.3) is 0 Å². The summed E-state index contributed by atoms with van der Waals surface area (Å²) in [5.74, 6) is 0.659. The molecule has 4 heteroatoms. The van der Waals surface area contributed by atoms with E-state index in [2.05, 4.69) is 102 Å². The summed E-state index contributed by atoms with van der Waals surface area (Å²) >= 11 is -1.91. The van der Waals surface area contributed by atoms with Gasteiger partial charge >= 0.3 is 205 Å². The van der Waals surface area contributed by atoms with Crippen molar-refractivity contribution in [2.75, 3.05) is 0 Å². The third-order valence-electron chi connectivity index (χ3n) is 7.78. The third-order valence-corrected chi connectivity index (χ3v) is 26.4. The molecule has 0 radical (unpaired) electrons.